The summed E-state index contributed by atoms with van der Waals surface area (Å²) in [7, 11) is 0. The van der Waals surface area contributed by atoms with Gasteiger partial charge in [-0.05, 0) is 32.4 Å². The van der Waals surface area contributed by atoms with Crippen molar-refractivity contribution in [3.8, 4) is 0 Å². The summed E-state index contributed by atoms with van der Waals surface area (Å²) in [4.78, 5) is 14.8. The minimum Gasteiger partial charge on any atom is -0.350 e. The minimum atomic E-state index is -1.54. The van der Waals surface area contributed by atoms with Crippen molar-refractivity contribution in [1.29, 1.82) is 0 Å². The van der Waals surface area contributed by atoms with E-state index in [1.54, 1.807) is 0 Å². The fraction of sp³-hybridized carbons (Fsp3) is 0.400. The van der Waals surface area contributed by atoms with Gasteiger partial charge in [-0.15, -0.1) is 0 Å². The van der Waals surface area contributed by atoms with Crippen molar-refractivity contribution < 1.29 is 18.0 Å². The van der Waals surface area contributed by atoms with Crippen molar-refractivity contribution in [3.05, 3.63) is 35.3 Å². The van der Waals surface area contributed by atoms with Gasteiger partial charge in [-0.2, -0.15) is 0 Å². The van der Waals surface area contributed by atoms with E-state index in [-0.39, 0.29) is 22.6 Å². The Kier molecular flexibility index (Phi) is 3.82. The Labute approximate surface area is 125 Å². The van der Waals surface area contributed by atoms with Crippen LogP contribution in [-0.2, 0) is 0 Å². The standard InChI is InChI=1S/C15H16F3N3O/c1-7-4-8(2-3-19-7)20-15(22)12-5-9-11(21-12)6-10(16)14(18)13(9)17/h5-8,19,21H,2-4H2,1H3,(H,20,22)/t7-,8+/m1/s1. The van der Waals surface area contributed by atoms with Crippen molar-refractivity contribution >= 4 is 16.8 Å². The molecule has 22 heavy (non-hydrogen) atoms. The van der Waals surface area contributed by atoms with Gasteiger partial charge in [0.05, 0.1) is 5.52 Å². The van der Waals surface area contributed by atoms with Crippen LogP contribution in [0.3, 0.4) is 0 Å². The molecule has 1 aliphatic heterocycles. The summed E-state index contributed by atoms with van der Waals surface area (Å²) in [5.74, 6) is -4.52. The molecule has 7 heteroatoms. The first-order valence-electron chi connectivity index (χ1n) is 7.16. The number of piperidine rings is 1. The molecular weight excluding hydrogens is 295 g/mol. The largest absolute Gasteiger partial charge is 0.350 e. The Bertz CT molecular complexity index is 728. The van der Waals surface area contributed by atoms with Crippen LogP contribution in [-0.4, -0.2) is 29.5 Å². The van der Waals surface area contributed by atoms with E-state index >= 15 is 0 Å². The van der Waals surface area contributed by atoms with Crippen molar-refractivity contribution in [2.45, 2.75) is 31.8 Å². The zero-order valence-corrected chi connectivity index (χ0v) is 12.0. The molecule has 0 unspecified atom stereocenters. The van der Waals surface area contributed by atoms with Crippen LogP contribution >= 0.6 is 0 Å². The van der Waals surface area contributed by atoms with Crippen LogP contribution in [0.2, 0.25) is 0 Å². The molecule has 0 radical (unpaired) electrons. The molecule has 1 fully saturated rings. The first-order chi connectivity index (χ1) is 10.5. The number of rotatable bonds is 2. The quantitative estimate of drug-likeness (QED) is 0.746. The zero-order chi connectivity index (χ0) is 15.9. The van der Waals surface area contributed by atoms with E-state index in [1.807, 2.05) is 6.92 Å². The number of carbonyl (C=O) groups is 1. The van der Waals surface area contributed by atoms with Crippen molar-refractivity contribution in [2.24, 2.45) is 0 Å². The highest BCUT2D eigenvalue weighted by molar-refractivity contribution is 5.98. The van der Waals surface area contributed by atoms with Gasteiger partial charge in [-0.1, -0.05) is 0 Å². The Hall–Kier alpha value is -2.02. The zero-order valence-electron chi connectivity index (χ0n) is 12.0. The van der Waals surface area contributed by atoms with Gasteiger partial charge in [0.2, 0.25) is 0 Å². The van der Waals surface area contributed by atoms with E-state index in [0.717, 1.165) is 25.5 Å². The molecule has 1 amide bonds. The molecule has 0 spiro atoms. The molecule has 4 nitrogen and oxygen atoms in total. The third kappa shape index (κ3) is 2.68. The summed E-state index contributed by atoms with van der Waals surface area (Å²) >= 11 is 0. The second-order valence-electron chi connectivity index (χ2n) is 5.68. The normalized spacial score (nSPS) is 22.0. The van der Waals surface area contributed by atoms with E-state index in [4.69, 9.17) is 0 Å². The van der Waals surface area contributed by atoms with Gasteiger partial charge in [-0.3, -0.25) is 4.79 Å². The number of benzene rings is 1. The number of fused-ring (bicyclic) bond motifs is 1. The van der Waals surface area contributed by atoms with Gasteiger partial charge < -0.3 is 15.6 Å². The maximum atomic E-state index is 13.7. The molecule has 1 aromatic carbocycles. The molecule has 1 saturated heterocycles. The second-order valence-corrected chi connectivity index (χ2v) is 5.68. The number of nitrogens with one attached hydrogen (secondary N) is 3. The highest BCUT2D eigenvalue weighted by Crippen LogP contribution is 2.24. The number of H-pyrrole nitrogens is 1. The van der Waals surface area contributed by atoms with Crippen LogP contribution in [0.4, 0.5) is 13.2 Å². The van der Waals surface area contributed by atoms with Crippen LogP contribution in [0.5, 0.6) is 0 Å². The monoisotopic (exact) mass is 311 g/mol. The average molecular weight is 311 g/mol. The van der Waals surface area contributed by atoms with Crippen molar-refractivity contribution in [2.75, 3.05) is 6.54 Å². The number of aromatic nitrogens is 1. The Balaban J connectivity index is 1.84. The lowest BCUT2D eigenvalue weighted by molar-refractivity contribution is 0.0921. The van der Waals surface area contributed by atoms with Gasteiger partial charge in [0, 0.05) is 23.5 Å². The molecule has 3 rings (SSSR count). The Morgan fingerprint density at radius 2 is 2.05 bits per heavy atom. The van der Waals surface area contributed by atoms with E-state index in [2.05, 4.69) is 15.6 Å². The summed E-state index contributed by atoms with van der Waals surface area (Å²) in [5.41, 5.74) is 0.144. The average Bonchev–Trinajstić information content (AvgIpc) is 2.89. The maximum Gasteiger partial charge on any atom is 0.267 e. The lowest BCUT2D eigenvalue weighted by atomic mass is 10.0. The van der Waals surface area contributed by atoms with Gasteiger partial charge in [-0.25, -0.2) is 13.2 Å². The van der Waals surface area contributed by atoms with Crippen LogP contribution in [0.1, 0.15) is 30.3 Å². The molecule has 2 aromatic rings. The van der Waals surface area contributed by atoms with E-state index < -0.39 is 23.4 Å². The third-order valence-electron chi connectivity index (χ3n) is 3.96. The van der Waals surface area contributed by atoms with Crippen LogP contribution in [0.25, 0.3) is 10.9 Å². The summed E-state index contributed by atoms with van der Waals surface area (Å²) < 4.78 is 40.1. The highest BCUT2D eigenvalue weighted by atomic mass is 19.2. The van der Waals surface area contributed by atoms with E-state index in [1.165, 1.54) is 6.07 Å². The first kappa shape index (κ1) is 14.9. The lowest BCUT2D eigenvalue weighted by Gasteiger charge is -2.28. The predicted molar refractivity (Wildman–Crippen MR) is 76.1 cm³/mol. The van der Waals surface area contributed by atoms with Crippen molar-refractivity contribution in [3.63, 3.8) is 0 Å². The SMILES string of the molecule is C[C@@H]1C[C@@H](NC(=O)c2cc3c(F)c(F)c(F)cc3[nH]2)CCN1. The maximum absolute atomic E-state index is 13.7. The first-order valence-corrected chi connectivity index (χ1v) is 7.16. The number of amides is 1. The van der Waals surface area contributed by atoms with E-state index in [0.29, 0.717) is 6.04 Å². The van der Waals surface area contributed by atoms with Gasteiger partial charge in [0.15, 0.2) is 17.5 Å². The Morgan fingerprint density at radius 1 is 1.27 bits per heavy atom. The van der Waals surface area contributed by atoms with Crippen LogP contribution in [0.15, 0.2) is 12.1 Å². The van der Waals surface area contributed by atoms with Crippen LogP contribution < -0.4 is 10.6 Å². The molecule has 1 aliphatic rings. The molecule has 1 aromatic heterocycles. The van der Waals surface area contributed by atoms with Gasteiger partial charge >= 0.3 is 0 Å². The number of hydrogen-bond acceptors (Lipinski definition) is 2. The third-order valence-corrected chi connectivity index (χ3v) is 3.96. The van der Waals surface area contributed by atoms with Crippen LogP contribution in [0, 0.1) is 17.5 Å². The fourth-order valence-corrected chi connectivity index (χ4v) is 2.83. The molecule has 2 heterocycles. The topological polar surface area (TPSA) is 56.9 Å². The minimum absolute atomic E-state index is 0.0217. The number of hydrogen-bond donors (Lipinski definition) is 3. The second kappa shape index (κ2) is 5.64. The summed E-state index contributed by atoms with van der Waals surface area (Å²) in [6.07, 6.45) is 1.59. The molecule has 0 aliphatic carbocycles. The summed E-state index contributed by atoms with van der Waals surface area (Å²) in [5, 5.41) is 5.99. The predicted octanol–water partition coefficient (Wildman–Crippen LogP) is 2.46. The molecule has 3 N–H and O–H groups in total. The molecule has 0 bridgehead atoms. The molecular formula is C15H16F3N3O. The highest BCUT2D eigenvalue weighted by Gasteiger charge is 2.22. The fourth-order valence-electron chi connectivity index (χ4n) is 2.83. The molecule has 2 atom stereocenters. The number of carbonyl (C=O) groups excluding carboxylic acids is 1. The lowest BCUT2D eigenvalue weighted by Crippen LogP contribution is -2.46. The number of halogens is 3. The number of aromatic amines is 1. The summed E-state index contributed by atoms with van der Waals surface area (Å²) in [6.45, 7) is 2.84. The van der Waals surface area contributed by atoms with Gasteiger partial charge in [0.1, 0.15) is 5.69 Å². The molecule has 118 valence electrons. The van der Waals surface area contributed by atoms with Gasteiger partial charge in [0.25, 0.3) is 5.91 Å². The molecule has 0 saturated carbocycles. The summed E-state index contributed by atoms with van der Waals surface area (Å²) in [6, 6.07) is 2.38. The van der Waals surface area contributed by atoms with Crippen molar-refractivity contribution in [1.82, 2.24) is 15.6 Å². The Morgan fingerprint density at radius 3 is 2.77 bits per heavy atom. The van der Waals surface area contributed by atoms with E-state index in [9.17, 15) is 18.0 Å². The smallest absolute Gasteiger partial charge is 0.267 e.